The van der Waals surface area contributed by atoms with E-state index < -0.39 is 0 Å². The number of imidazole rings is 1. The van der Waals surface area contributed by atoms with Crippen molar-refractivity contribution in [3.63, 3.8) is 0 Å². The van der Waals surface area contributed by atoms with Gasteiger partial charge in [-0.25, -0.2) is 4.98 Å². The van der Waals surface area contributed by atoms with Gasteiger partial charge in [0.05, 0.1) is 11.0 Å². The zero-order valence-corrected chi connectivity index (χ0v) is 27.3. The Morgan fingerprint density at radius 3 is 1.42 bits per heavy atom. The van der Waals surface area contributed by atoms with Crippen LogP contribution in [0.3, 0.4) is 0 Å². The third kappa shape index (κ3) is 4.79. The van der Waals surface area contributed by atoms with Gasteiger partial charge < -0.3 is 0 Å². The lowest BCUT2D eigenvalue weighted by Gasteiger charge is -2.28. The van der Waals surface area contributed by atoms with Crippen molar-refractivity contribution in [3.8, 4) is 39.1 Å². The summed E-state index contributed by atoms with van der Waals surface area (Å²) in [6.45, 7) is 1.97. The molecule has 0 saturated carbocycles. The maximum absolute atomic E-state index is 6.95. The zero-order chi connectivity index (χ0) is 35.0. The fourth-order valence-corrected chi connectivity index (χ4v) is 7.26. The largest absolute Gasteiger partial charge is 0.297 e. The molecule has 0 aliphatic carbocycles. The highest BCUT2D eigenvalue weighted by molar-refractivity contribution is 6.71. The van der Waals surface area contributed by atoms with Gasteiger partial charge in [-0.1, -0.05) is 101 Å². The predicted octanol–water partition coefficient (Wildman–Crippen LogP) is 0.992. The number of aryl methyl sites for hydroxylation is 1. The highest BCUT2D eigenvalue weighted by Crippen LogP contribution is 2.41. The van der Waals surface area contributed by atoms with Crippen LogP contribution >= 0.6 is 0 Å². The minimum Gasteiger partial charge on any atom is -0.297 e. The Bertz CT molecular complexity index is 2600. The maximum Gasteiger partial charge on any atom is 0.113 e. The summed E-state index contributed by atoms with van der Waals surface area (Å²) in [6.07, 6.45) is 0. The van der Waals surface area contributed by atoms with Crippen LogP contribution < -0.4 is 43.7 Å². The number of hydrogen-bond donors (Lipinski definition) is 0. The topological polar surface area (TPSA) is 17.8 Å². The van der Waals surface area contributed by atoms with Crippen LogP contribution in [0.15, 0.2) is 103 Å². The SMILES string of the molecule is [B]c1c([B])c([B])c2c(-c3cccc(-n4c(C)nc5ccccc54)c3)c3c([B])c([B])c([B])c([B])c3c(-c3ccc(-c4ccccc4)cc3)c2c1[B]. The molecule has 0 spiro atoms. The van der Waals surface area contributed by atoms with Gasteiger partial charge in [-0.15, -0.1) is 21.9 Å². The number of fused-ring (bicyclic) bond motifs is 3. The van der Waals surface area contributed by atoms with E-state index in [1.807, 2.05) is 97.9 Å². The molecule has 16 radical (unpaired) electrons. The van der Waals surface area contributed by atoms with Gasteiger partial charge in [0.1, 0.15) is 68.6 Å². The fourth-order valence-electron chi connectivity index (χ4n) is 7.26. The van der Waals surface area contributed by atoms with E-state index in [9.17, 15) is 0 Å². The molecule has 0 fully saturated rings. The first-order valence-corrected chi connectivity index (χ1v) is 16.1. The number of benzene rings is 7. The van der Waals surface area contributed by atoms with Gasteiger partial charge in [0, 0.05) is 5.69 Å². The molecule has 10 heteroatoms. The van der Waals surface area contributed by atoms with Crippen LogP contribution in [0.1, 0.15) is 5.82 Å². The summed E-state index contributed by atoms with van der Waals surface area (Å²) in [7, 11) is 54.1. The molecule has 8 aromatic rings. The fraction of sp³-hybridized carbons (Fsp3) is 0.0250. The molecule has 1 heterocycles. The van der Waals surface area contributed by atoms with Crippen LogP contribution in [0.4, 0.5) is 0 Å². The Hall–Kier alpha value is -4.95. The second kappa shape index (κ2) is 12.1. The van der Waals surface area contributed by atoms with Crippen molar-refractivity contribution in [1.29, 1.82) is 0 Å². The second-order valence-electron chi connectivity index (χ2n) is 12.5. The second-order valence-corrected chi connectivity index (χ2v) is 12.5. The summed E-state index contributed by atoms with van der Waals surface area (Å²) in [4.78, 5) is 4.79. The summed E-state index contributed by atoms with van der Waals surface area (Å²) in [5.41, 5.74) is 9.44. The van der Waals surface area contributed by atoms with Gasteiger partial charge in [0.15, 0.2) is 0 Å². The van der Waals surface area contributed by atoms with Gasteiger partial charge in [0.2, 0.25) is 0 Å². The molecule has 0 unspecified atom stereocenters. The first-order valence-electron chi connectivity index (χ1n) is 16.1. The van der Waals surface area contributed by atoms with Gasteiger partial charge in [-0.3, -0.25) is 4.57 Å². The molecule has 2 nitrogen and oxygen atoms in total. The summed E-state index contributed by atoms with van der Waals surface area (Å²) in [5.74, 6) is 0.828. The number of hydrogen-bond acceptors (Lipinski definition) is 1. The molecule has 0 bridgehead atoms. The van der Waals surface area contributed by atoms with E-state index in [0.29, 0.717) is 32.7 Å². The van der Waals surface area contributed by atoms with E-state index in [-0.39, 0.29) is 43.7 Å². The zero-order valence-electron chi connectivity index (χ0n) is 27.3. The van der Waals surface area contributed by atoms with Crippen molar-refractivity contribution in [3.05, 3.63) is 109 Å². The summed E-state index contributed by atoms with van der Waals surface area (Å²) >= 11 is 0. The third-order valence-corrected chi connectivity index (χ3v) is 9.72. The predicted molar refractivity (Wildman–Crippen MR) is 220 cm³/mol. The highest BCUT2D eigenvalue weighted by atomic mass is 15.1. The molecule has 0 aliphatic rings. The van der Waals surface area contributed by atoms with Gasteiger partial charge in [0.25, 0.3) is 0 Å². The first kappa shape index (κ1) is 32.3. The minimum absolute atomic E-state index is 0.170. The molecule has 1 aromatic heterocycles. The molecule has 0 saturated heterocycles. The van der Waals surface area contributed by atoms with E-state index >= 15 is 0 Å². The molecule has 0 amide bonds. The molecule has 7 aromatic carbocycles. The smallest absolute Gasteiger partial charge is 0.113 e. The molecule has 0 atom stereocenters. The van der Waals surface area contributed by atoms with Crippen molar-refractivity contribution in [2.45, 2.75) is 6.92 Å². The normalized spacial score (nSPS) is 11.5. The van der Waals surface area contributed by atoms with Crippen molar-refractivity contribution >= 4 is 139 Å². The van der Waals surface area contributed by atoms with E-state index in [4.69, 9.17) is 67.8 Å². The molecule has 0 N–H and O–H groups in total. The van der Waals surface area contributed by atoms with Crippen LogP contribution in [0, 0.1) is 6.92 Å². The number of nitrogens with zero attached hydrogens (tertiary/aromatic N) is 2. The molecular weight excluding hydrogens is 595 g/mol. The average Bonchev–Trinajstić information content (AvgIpc) is 3.49. The third-order valence-electron chi connectivity index (χ3n) is 9.72. The Kier molecular flexibility index (Phi) is 7.83. The standard InChI is InChI=1S/C40H20B8N2/c1-19-49-25-12-5-6-13-26(25)50(19)24-11-7-10-23(18-24)28-31-29(33(41)37(45)39(47)35(31)43)27(30-32(28)36(44)40(48)38(46)34(30)42)22-16-14-21(15-17-22)20-8-3-2-4-9-20/h2-18H,1H3. The Labute approximate surface area is 302 Å². The highest BCUT2D eigenvalue weighted by Gasteiger charge is 2.25. The van der Waals surface area contributed by atoms with Crippen LogP contribution in [-0.2, 0) is 0 Å². The van der Waals surface area contributed by atoms with Crippen LogP contribution in [0.5, 0.6) is 0 Å². The van der Waals surface area contributed by atoms with Crippen LogP contribution in [0.2, 0.25) is 0 Å². The summed E-state index contributed by atoms with van der Waals surface area (Å²) in [5, 5.41) is 2.30. The Morgan fingerprint density at radius 1 is 0.420 bits per heavy atom. The Morgan fingerprint density at radius 2 is 0.860 bits per heavy atom. The molecular formula is C40H20B8N2. The molecule has 50 heavy (non-hydrogen) atoms. The van der Waals surface area contributed by atoms with E-state index in [2.05, 4.69) is 16.7 Å². The van der Waals surface area contributed by atoms with Gasteiger partial charge in [-0.05, 0) is 86.1 Å². The lowest BCUT2D eigenvalue weighted by atomic mass is 9.59. The van der Waals surface area contributed by atoms with Gasteiger partial charge >= 0.3 is 0 Å². The lowest BCUT2D eigenvalue weighted by Crippen LogP contribution is -2.50. The van der Waals surface area contributed by atoms with Crippen LogP contribution in [-0.4, -0.2) is 72.3 Å². The minimum atomic E-state index is 0.170. The number of para-hydroxylation sites is 2. The van der Waals surface area contributed by atoms with Gasteiger partial charge in [-0.2, -0.15) is 0 Å². The summed E-state index contributed by atoms with van der Waals surface area (Å²) < 4.78 is 2.10. The van der Waals surface area contributed by atoms with Crippen molar-refractivity contribution in [2.75, 3.05) is 0 Å². The van der Waals surface area contributed by atoms with Crippen molar-refractivity contribution < 1.29 is 0 Å². The molecule has 8 rings (SSSR count). The van der Waals surface area contributed by atoms with E-state index in [1.54, 1.807) is 0 Å². The monoisotopic (exact) mass is 616 g/mol. The van der Waals surface area contributed by atoms with E-state index in [1.165, 1.54) is 0 Å². The van der Waals surface area contributed by atoms with Crippen molar-refractivity contribution in [1.82, 2.24) is 9.55 Å². The quantitative estimate of drug-likeness (QED) is 0.214. The Balaban J connectivity index is 1.54. The molecule has 0 aliphatic heterocycles. The van der Waals surface area contributed by atoms with Crippen LogP contribution in [0.25, 0.3) is 71.6 Å². The number of rotatable bonds is 4. The van der Waals surface area contributed by atoms with E-state index in [0.717, 1.165) is 44.8 Å². The maximum atomic E-state index is 6.95. The van der Waals surface area contributed by atoms with Crippen molar-refractivity contribution in [2.24, 2.45) is 0 Å². The number of aromatic nitrogens is 2. The first-order chi connectivity index (χ1) is 24.1. The lowest BCUT2D eigenvalue weighted by molar-refractivity contribution is 1.00. The molecule has 214 valence electrons. The average molecular weight is 615 g/mol. The summed E-state index contributed by atoms with van der Waals surface area (Å²) in [6, 6.07) is 34.2.